The molecule has 9 heteroatoms. The van der Waals surface area contributed by atoms with Crippen LogP contribution in [0.3, 0.4) is 0 Å². The molecule has 2 unspecified atom stereocenters. The van der Waals surface area contributed by atoms with E-state index in [1.165, 1.54) is 0 Å². The molecule has 0 amide bonds. The van der Waals surface area contributed by atoms with Crippen molar-refractivity contribution in [1.29, 1.82) is 0 Å². The number of hydrogen-bond acceptors (Lipinski definition) is 4. The molecule has 7 nitrogen and oxygen atoms in total. The first kappa shape index (κ1) is 15.3. The van der Waals surface area contributed by atoms with Gasteiger partial charge in [-0.05, 0) is 25.8 Å². The van der Waals surface area contributed by atoms with E-state index in [1.54, 1.807) is 0 Å². The van der Waals surface area contributed by atoms with E-state index in [4.69, 9.17) is 20.4 Å². The first-order chi connectivity index (χ1) is 6.75. The predicted molar refractivity (Wildman–Crippen MR) is 55.7 cm³/mol. The van der Waals surface area contributed by atoms with Gasteiger partial charge in [0.25, 0.3) is 0 Å². The molecule has 0 aromatic carbocycles. The van der Waals surface area contributed by atoms with E-state index in [0.717, 1.165) is 0 Å². The summed E-state index contributed by atoms with van der Waals surface area (Å²) < 4.78 is 21.6. The molecule has 0 saturated carbocycles. The molecular formula is C6H17NO6P2. The fourth-order valence-electron chi connectivity index (χ4n) is 1.07. The van der Waals surface area contributed by atoms with Gasteiger partial charge in [0.15, 0.2) is 0 Å². The summed E-state index contributed by atoms with van der Waals surface area (Å²) in [7, 11) is -8.69. The van der Waals surface area contributed by atoms with E-state index < -0.39 is 27.1 Å². The summed E-state index contributed by atoms with van der Waals surface area (Å²) >= 11 is 0. The zero-order chi connectivity index (χ0) is 12.1. The lowest BCUT2D eigenvalue weighted by molar-refractivity contribution is 0.143. The van der Waals surface area contributed by atoms with Crippen LogP contribution in [0.2, 0.25) is 0 Å². The van der Waals surface area contributed by atoms with Crippen molar-refractivity contribution < 1.29 is 28.9 Å². The summed E-state index contributed by atoms with van der Waals surface area (Å²) in [5.74, 6) is 0. The van der Waals surface area contributed by atoms with E-state index >= 15 is 0 Å². The minimum Gasteiger partial charge on any atom is -0.370 e. The van der Waals surface area contributed by atoms with Crippen LogP contribution in [0.15, 0.2) is 0 Å². The maximum atomic E-state index is 10.8. The Morgan fingerprint density at radius 1 is 1.27 bits per heavy atom. The Hall–Kier alpha value is 0.260. The van der Waals surface area contributed by atoms with Crippen molar-refractivity contribution in [2.75, 3.05) is 6.54 Å². The van der Waals surface area contributed by atoms with Crippen molar-refractivity contribution in [2.45, 2.75) is 30.8 Å². The molecular weight excluding hydrogens is 244 g/mol. The summed E-state index contributed by atoms with van der Waals surface area (Å²) in [5.41, 5.74) is 5.20. The topological polar surface area (TPSA) is 141 Å². The van der Waals surface area contributed by atoms with Gasteiger partial charge in [-0.3, -0.25) is 9.13 Å². The quantitative estimate of drug-likeness (QED) is 0.315. The molecule has 0 rings (SSSR count). The standard InChI is InChI=1S/C6H17NO6P2/c7-5-3-1-2-4-6(8,14(9)10)15(11,12)13/h8,14H,1-5,7H2,(H,9,10)(H2,11,12,13). The van der Waals surface area contributed by atoms with Crippen LogP contribution in [0.1, 0.15) is 25.7 Å². The average Bonchev–Trinajstić information content (AvgIpc) is 2.09. The van der Waals surface area contributed by atoms with Gasteiger partial charge in [-0.25, -0.2) is 0 Å². The average molecular weight is 261 g/mol. The second-order valence-corrected chi connectivity index (χ2v) is 6.95. The van der Waals surface area contributed by atoms with Crippen molar-refractivity contribution in [3.05, 3.63) is 0 Å². The number of unbranched alkanes of at least 4 members (excludes halogenated alkanes) is 2. The van der Waals surface area contributed by atoms with Crippen molar-refractivity contribution in [3.8, 4) is 0 Å². The van der Waals surface area contributed by atoms with Gasteiger partial charge in [0.2, 0.25) is 13.1 Å². The Kier molecular flexibility index (Phi) is 6.21. The second-order valence-electron chi connectivity index (χ2n) is 3.27. The largest absolute Gasteiger partial charge is 0.370 e. The Labute approximate surface area is 88.3 Å². The van der Waals surface area contributed by atoms with Crippen molar-refractivity contribution >= 4 is 15.6 Å². The minimum atomic E-state index is -4.99. The summed E-state index contributed by atoms with van der Waals surface area (Å²) in [6.07, 6.45) is 1.04. The molecule has 0 saturated heterocycles. The van der Waals surface area contributed by atoms with Crippen molar-refractivity contribution in [1.82, 2.24) is 0 Å². The lowest BCUT2D eigenvalue weighted by Crippen LogP contribution is -2.24. The summed E-state index contributed by atoms with van der Waals surface area (Å²) in [5, 5.41) is 6.63. The highest BCUT2D eigenvalue weighted by Gasteiger charge is 2.49. The van der Waals surface area contributed by atoms with Gasteiger partial charge in [-0.2, -0.15) is 0 Å². The molecule has 2 atom stereocenters. The van der Waals surface area contributed by atoms with Crippen molar-refractivity contribution in [3.63, 3.8) is 0 Å². The molecule has 92 valence electrons. The molecule has 0 aliphatic rings. The van der Waals surface area contributed by atoms with Gasteiger partial charge in [-0.15, -0.1) is 0 Å². The normalized spacial score (nSPS) is 18.5. The number of hydrogen-bond donors (Lipinski definition) is 5. The van der Waals surface area contributed by atoms with Gasteiger partial charge in [0.05, 0.1) is 0 Å². The SMILES string of the molecule is NCCCCCC(O)([PH](=O)O)P(=O)(O)O. The summed E-state index contributed by atoms with van der Waals surface area (Å²) in [6, 6.07) is 0. The fraction of sp³-hybridized carbons (Fsp3) is 1.00. The van der Waals surface area contributed by atoms with Crippen LogP contribution in [0.25, 0.3) is 0 Å². The van der Waals surface area contributed by atoms with E-state index in [0.29, 0.717) is 19.4 Å². The van der Waals surface area contributed by atoms with E-state index in [9.17, 15) is 14.2 Å². The lowest BCUT2D eigenvalue weighted by Gasteiger charge is -2.25. The minimum absolute atomic E-state index is 0.246. The highest BCUT2D eigenvalue weighted by Crippen LogP contribution is 2.62. The van der Waals surface area contributed by atoms with E-state index in [1.807, 2.05) is 0 Å². The van der Waals surface area contributed by atoms with Crippen LogP contribution in [0.4, 0.5) is 0 Å². The number of aliphatic hydroxyl groups is 1. The number of nitrogens with two attached hydrogens (primary N) is 1. The van der Waals surface area contributed by atoms with Gasteiger partial charge in [-0.1, -0.05) is 6.42 Å². The molecule has 0 heterocycles. The molecule has 0 aliphatic carbocycles. The third kappa shape index (κ3) is 4.33. The molecule has 15 heavy (non-hydrogen) atoms. The highest BCUT2D eigenvalue weighted by atomic mass is 31.2. The fourth-order valence-corrected chi connectivity index (χ4v) is 2.91. The van der Waals surface area contributed by atoms with E-state index in [2.05, 4.69) is 0 Å². The monoisotopic (exact) mass is 261 g/mol. The summed E-state index contributed by atoms with van der Waals surface area (Å²) in [4.78, 5) is 26.3. The molecule has 0 aromatic rings. The molecule has 0 fully saturated rings. The first-order valence-electron chi connectivity index (χ1n) is 4.47. The van der Waals surface area contributed by atoms with Gasteiger partial charge < -0.3 is 25.5 Å². The van der Waals surface area contributed by atoms with Crippen LogP contribution in [0, 0.1) is 0 Å². The Balaban J connectivity index is 4.42. The third-order valence-electron chi connectivity index (χ3n) is 2.05. The van der Waals surface area contributed by atoms with Gasteiger partial charge >= 0.3 is 7.60 Å². The molecule has 0 spiro atoms. The Morgan fingerprint density at radius 3 is 2.13 bits per heavy atom. The third-order valence-corrected chi connectivity index (χ3v) is 5.62. The zero-order valence-corrected chi connectivity index (χ0v) is 10.1. The van der Waals surface area contributed by atoms with Crippen LogP contribution in [-0.2, 0) is 9.13 Å². The molecule has 0 aromatic heterocycles. The second kappa shape index (κ2) is 6.11. The molecule has 6 N–H and O–H groups in total. The molecule has 0 bridgehead atoms. The maximum Gasteiger partial charge on any atom is 0.366 e. The predicted octanol–water partition coefficient (Wildman–Crippen LogP) is -0.204. The Bertz CT molecular complexity index is 266. The van der Waals surface area contributed by atoms with Crippen molar-refractivity contribution in [2.24, 2.45) is 5.73 Å². The highest BCUT2D eigenvalue weighted by molar-refractivity contribution is 7.66. The smallest absolute Gasteiger partial charge is 0.366 e. The van der Waals surface area contributed by atoms with Crippen LogP contribution >= 0.6 is 15.6 Å². The zero-order valence-electron chi connectivity index (χ0n) is 8.17. The lowest BCUT2D eigenvalue weighted by atomic mass is 10.2. The van der Waals surface area contributed by atoms with Crippen LogP contribution < -0.4 is 5.73 Å². The molecule has 0 aliphatic heterocycles. The van der Waals surface area contributed by atoms with Crippen LogP contribution in [0.5, 0.6) is 0 Å². The maximum absolute atomic E-state index is 10.8. The van der Waals surface area contributed by atoms with E-state index in [-0.39, 0.29) is 6.42 Å². The van der Waals surface area contributed by atoms with Crippen LogP contribution in [-0.4, -0.2) is 31.4 Å². The van der Waals surface area contributed by atoms with Gasteiger partial charge in [0.1, 0.15) is 0 Å². The Morgan fingerprint density at radius 2 is 1.80 bits per heavy atom. The summed E-state index contributed by atoms with van der Waals surface area (Å²) in [6.45, 7) is 0.433. The van der Waals surface area contributed by atoms with Gasteiger partial charge in [0, 0.05) is 0 Å². The molecule has 0 radical (unpaired) electrons. The first-order valence-corrected chi connectivity index (χ1v) is 7.44. The number of rotatable bonds is 7.